The third kappa shape index (κ3) is 2.40. The van der Waals surface area contributed by atoms with E-state index >= 15 is 0 Å². The van der Waals surface area contributed by atoms with Gasteiger partial charge in [-0.2, -0.15) is 0 Å². The molecule has 1 aromatic heterocycles. The summed E-state index contributed by atoms with van der Waals surface area (Å²) in [5.41, 5.74) is 6.00. The molecule has 0 spiro atoms. The molecular weight excluding hydrogens is 244 g/mol. The molecule has 6 nitrogen and oxygen atoms in total. The molecule has 3 N–H and O–H groups in total. The summed E-state index contributed by atoms with van der Waals surface area (Å²) in [6.45, 7) is 1.28. The molecule has 0 bridgehead atoms. The topological polar surface area (TPSA) is 92.9 Å². The van der Waals surface area contributed by atoms with Crippen LogP contribution in [0.25, 0.3) is 0 Å². The van der Waals surface area contributed by atoms with Gasteiger partial charge in [0.05, 0.1) is 13.2 Å². The number of anilines is 1. The van der Waals surface area contributed by atoms with Gasteiger partial charge in [0.1, 0.15) is 10.9 Å². The Morgan fingerprint density at radius 1 is 1.59 bits per heavy atom. The minimum Gasteiger partial charge on any atom is -0.477 e. The highest BCUT2D eigenvalue weighted by atomic mass is 32.1. The number of aromatic carboxylic acids is 1. The zero-order valence-corrected chi connectivity index (χ0v) is 9.77. The van der Waals surface area contributed by atoms with Crippen molar-refractivity contribution in [3.05, 3.63) is 16.3 Å². The summed E-state index contributed by atoms with van der Waals surface area (Å²) in [6, 6.07) is 1.02. The van der Waals surface area contributed by atoms with Gasteiger partial charge in [0, 0.05) is 17.6 Å². The number of nitrogens with two attached hydrogens (primary N) is 1. The van der Waals surface area contributed by atoms with Crippen LogP contribution in [0.4, 0.5) is 5.69 Å². The van der Waals surface area contributed by atoms with E-state index in [0.717, 1.165) is 11.3 Å². The van der Waals surface area contributed by atoms with Gasteiger partial charge in [-0.15, -0.1) is 11.3 Å². The summed E-state index contributed by atoms with van der Waals surface area (Å²) in [6.07, 6.45) is 0. The van der Waals surface area contributed by atoms with E-state index in [1.54, 1.807) is 16.3 Å². The monoisotopic (exact) mass is 256 g/mol. The number of morpholine rings is 1. The van der Waals surface area contributed by atoms with Crippen molar-refractivity contribution < 1.29 is 19.4 Å². The van der Waals surface area contributed by atoms with Crippen LogP contribution in [0.3, 0.4) is 0 Å². The summed E-state index contributed by atoms with van der Waals surface area (Å²) >= 11 is 1.13. The molecule has 1 atom stereocenters. The van der Waals surface area contributed by atoms with Crippen LogP contribution in [-0.2, 0) is 9.53 Å². The molecular formula is C10H12N2O4S. The van der Waals surface area contributed by atoms with Crippen molar-refractivity contribution in [2.24, 2.45) is 5.73 Å². The number of amides is 1. The van der Waals surface area contributed by atoms with Gasteiger partial charge < -0.3 is 20.5 Å². The zero-order chi connectivity index (χ0) is 12.4. The second-order valence-corrected chi connectivity index (χ2v) is 4.57. The summed E-state index contributed by atoms with van der Waals surface area (Å²) in [5, 5.41) is 10.6. The molecule has 7 heteroatoms. The van der Waals surface area contributed by atoms with Crippen LogP contribution in [0.15, 0.2) is 11.4 Å². The van der Waals surface area contributed by atoms with Crippen molar-refractivity contribution in [3.8, 4) is 0 Å². The number of carbonyl (C=O) groups excluding carboxylic acids is 1. The first-order valence-corrected chi connectivity index (χ1v) is 5.93. The molecule has 0 saturated carbocycles. The van der Waals surface area contributed by atoms with E-state index < -0.39 is 17.9 Å². The zero-order valence-electron chi connectivity index (χ0n) is 8.96. The molecule has 1 fully saturated rings. The smallest absolute Gasteiger partial charge is 0.345 e. The van der Waals surface area contributed by atoms with Crippen LogP contribution >= 0.6 is 11.3 Å². The highest BCUT2D eigenvalue weighted by molar-refractivity contribution is 7.12. The minimum absolute atomic E-state index is 0.244. The van der Waals surface area contributed by atoms with E-state index in [0.29, 0.717) is 18.8 Å². The van der Waals surface area contributed by atoms with E-state index in [4.69, 9.17) is 15.6 Å². The lowest BCUT2D eigenvalue weighted by Crippen LogP contribution is -2.52. The average Bonchev–Trinajstić information content (AvgIpc) is 2.78. The Balaban J connectivity index is 2.23. The van der Waals surface area contributed by atoms with Crippen molar-refractivity contribution in [1.29, 1.82) is 0 Å². The molecule has 2 heterocycles. The van der Waals surface area contributed by atoms with E-state index in [2.05, 4.69) is 0 Å². The minimum atomic E-state index is -0.967. The van der Waals surface area contributed by atoms with Crippen molar-refractivity contribution in [2.75, 3.05) is 24.7 Å². The number of ether oxygens (including phenoxy) is 1. The molecule has 1 unspecified atom stereocenters. The molecule has 0 radical (unpaired) electrons. The molecule has 92 valence electrons. The van der Waals surface area contributed by atoms with E-state index in [1.807, 2.05) is 0 Å². The first kappa shape index (κ1) is 11.9. The maximum Gasteiger partial charge on any atom is 0.345 e. The van der Waals surface area contributed by atoms with Crippen LogP contribution in [0.5, 0.6) is 0 Å². The van der Waals surface area contributed by atoms with Gasteiger partial charge >= 0.3 is 5.97 Å². The largest absolute Gasteiger partial charge is 0.477 e. The maximum atomic E-state index is 11.3. The fourth-order valence-corrected chi connectivity index (χ4v) is 2.48. The number of rotatable bonds is 3. The van der Waals surface area contributed by atoms with Gasteiger partial charge in [-0.1, -0.05) is 0 Å². The van der Waals surface area contributed by atoms with E-state index in [9.17, 15) is 9.59 Å². The molecule has 17 heavy (non-hydrogen) atoms. The van der Waals surface area contributed by atoms with Crippen LogP contribution in [0.2, 0.25) is 0 Å². The molecule has 0 aromatic carbocycles. The third-order valence-corrected chi connectivity index (χ3v) is 3.49. The second-order valence-electron chi connectivity index (χ2n) is 3.66. The summed E-state index contributed by atoms with van der Waals surface area (Å²) in [5.74, 6) is -1.43. The van der Waals surface area contributed by atoms with Gasteiger partial charge in [0.2, 0.25) is 5.91 Å². The molecule has 1 aliphatic rings. The molecule has 1 saturated heterocycles. The quantitative estimate of drug-likeness (QED) is 0.802. The predicted molar refractivity (Wildman–Crippen MR) is 62.4 cm³/mol. The lowest BCUT2D eigenvalue weighted by Gasteiger charge is -2.34. The van der Waals surface area contributed by atoms with E-state index in [-0.39, 0.29) is 11.5 Å². The highest BCUT2D eigenvalue weighted by Crippen LogP contribution is 2.26. The normalized spacial score (nSPS) is 20.2. The molecule has 0 aliphatic carbocycles. The molecule has 1 amide bonds. The van der Waals surface area contributed by atoms with Crippen LogP contribution in [0.1, 0.15) is 9.67 Å². The number of primary amides is 1. The Hall–Kier alpha value is -1.60. The number of carbonyl (C=O) groups is 2. The Kier molecular flexibility index (Phi) is 3.30. The first-order valence-electron chi connectivity index (χ1n) is 5.05. The number of thiophene rings is 1. The summed E-state index contributed by atoms with van der Waals surface area (Å²) in [4.78, 5) is 24.1. The number of hydrogen-bond donors (Lipinski definition) is 2. The van der Waals surface area contributed by atoms with Crippen LogP contribution < -0.4 is 10.6 Å². The summed E-state index contributed by atoms with van der Waals surface area (Å²) < 4.78 is 5.19. The van der Waals surface area contributed by atoms with Crippen molar-refractivity contribution in [1.82, 2.24) is 0 Å². The fraction of sp³-hybridized carbons (Fsp3) is 0.400. The Morgan fingerprint density at radius 2 is 2.35 bits per heavy atom. The number of hydrogen-bond acceptors (Lipinski definition) is 5. The van der Waals surface area contributed by atoms with Gasteiger partial charge in [-0.25, -0.2) is 4.79 Å². The third-order valence-electron chi connectivity index (χ3n) is 2.58. The highest BCUT2D eigenvalue weighted by Gasteiger charge is 2.28. The summed E-state index contributed by atoms with van der Waals surface area (Å²) in [7, 11) is 0. The number of carboxylic acids is 1. The van der Waals surface area contributed by atoms with Gasteiger partial charge in [-0.05, 0) is 6.07 Å². The lowest BCUT2D eigenvalue weighted by molar-refractivity contribution is -0.121. The van der Waals surface area contributed by atoms with E-state index in [1.165, 1.54) is 0 Å². The number of carboxylic acid groups (broad SMARTS) is 1. The molecule has 1 aromatic rings. The fourth-order valence-electron chi connectivity index (χ4n) is 1.74. The Bertz CT molecular complexity index is 445. The SMILES string of the molecule is NC(=O)C1COCCN1c1csc(C(=O)O)c1. The number of nitrogens with zero attached hydrogens (tertiary/aromatic N) is 1. The van der Waals surface area contributed by atoms with Gasteiger partial charge in [-0.3, -0.25) is 4.79 Å². The lowest BCUT2D eigenvalue weighted by atomic mass is 10.2. The Morgan fingerprint density at radius 3 is 2.94 bits per heavy atom. The maximum absolute atomic E-state index is 11.3. The molecule has 2 rings (SSSR count). The van der Waals surface area contributed by atoms with Crippen LogP contribution in [0, 0.1) is 0 Å². The molecule has 1 aliphatic heterocycles. The predicted octanol–water partition coefficient (Wildman–Crippen LogP) is 0.137. The van der Waals surface area contributed by atoms with Gasteiger partial charge in [0.25, 0.3) is 0 Å². The first-order chi connectivity index (χ1) is 8.09. The van der Waals surface area contributed by atoms with Gasteiger partial charge in [0.15, 0.2) is 0 Å². The Labute approximate surface area is 102 Å². The van der Waals surface area contributed by atoms with Crippen molar-refractivity contribution in [3.63, 3.8) is 0 Å². The van der Waals surface area contributed by atoms with Crippen LogP contribution in [-0.4, -0.2) is 42.8 Å². The standard InChI is InChI=1S/C10H12N2O4S/c11-9(13)7-4-16-2-1-12(7)6-3-8(10(14)15)17-5-6/h3,5,7H,1-2,4H2,(H2,11,13)(H,14,15). The second kappa shape index (κ2) is 4.72. The van der Waals surface area contributed by atoms with Crippen molar-refractivity contribution >= 4 is 28.9 Å². The van der Waals surface area contributed by atoms with Crippen molar-refractivity contribution in [2.45, 2.75) is 6.04 Å². The average molecular weight is 256 g/mol.